The van der Waals surface area contributed by atoms with Gasteiger partial charge >= 0.3 is 0 Å². The summed E-state index contributed by atoms with van der Waals surface area (Å²) in [4.78, 5) is 2.55. The van der Waals surface area contributed by atoms with Crippen molar-refractivity contribution in [3.05, 3.63) is 27.3 Å². The van der Waals surface area contributed by atoms with E-state index >= 15 is 0 Å². The summed E-state index contributed by atoms with van der Waals surface area (Å²) in [5.74, 6) is 0.893. The molecule has 0 radical (unpaired) electrons. The average Bonchev–Trinajstić information content (AvgIpc) is 3.17. The van der Waals surface area contributed by atoms with Crippen LogP contribution in [0.25, 0.3) is 0 Å². The lowest BCUT2D eigenvalue weighted by Gasteiger charge is -2.43. The van der Waals surface area contributed by atoms with E-state index in [1.807, 2.05) is 0 Å². The molecule has 1 unspecified atom stereocenters. The van der Waals surface area contributed by atoms with Crippen molar-refractivity contribution in [2.45, 2.75) is 32.2 Å². The Bertz CT molecular complexity index is 456. The SMILES string of the molecule is Cc1ccc(N2CCNC(C)(C3CC3)C2)cc1I. The zero-order chi connectivity index (χ0) is 12.8. The van der Waals surface area contributed by atoms with Gasteiger partial charge in [-0.15, -0.1) is 0 Å². The second-order valence-corrected chi connectivity index (χ2v) is 7.14. The lowest BCUT2D eigenvalue weighted by molar-refractivity contribution is 0.285. The molecule has 1 heterocycles. The zero-order valence-corrected chi connectivity index (χ0v) is 13.3. The number of nitrogens with zero attached hydrogens (tertiary/aromatic N) is 1. The molecule has 2 aliphatic rings. The van der Waals surface area contributed by atoms with Crippen LogP contribution in [0.1, 0.15) is 25.3 Å². The Balaban J connectivity index is 1.81. The summed E-state index contributed by atoms with van der Waals surface area (Å²) in [5, 5.41) is 3.74. The highest BCUT2D eigenvalue weighted by Crippen LogP contribution is 2.41. The van der Waals surface area contributed by atoms with E-state index in [-0.39, 0.29) is 0 Å². The number of nitrogens with one attached hydrogen (secondary N) is 1. The van der Waals surface area contributed by atoms with Crippen molar-refractivity contribution in [2.75, 3.05) is 24.5 Å². The van der Waals surface area contributed by atoms with E-state index in [1.165, 1.54) is 27.7 Å². The van der Waals surface area contributed by atoms with E-state index in [2.05, 4.69) is 64.9 Å². The van der Waals surface area contributed by atoms with Crippen molar-refractivity contribution >= 4 is 28.3 Å². The molecule has 0 amide bonds. The number of hydrogen-bond acceptors (Lipinski definition) is 2. The molecule has 1 aromatic rings. The van der Waals surface area contributed by atoms with Gasteiger partial charge in [-0.05, 0) is 72.9 Å². The van der Waals surface area contributed by atoms with Gasteiger partial charge in [0.2, 0.25) is 0 Å². The van der Waals surface area contributed by atoms with Crippen LogP contribution in [-0.2, 0) is 0 Å². The van der Waals surface area contributed by atoms with Crippen molar-refractivity contribution in [2.24, 2.45) is 5.92 Å². The highest BCUT2D eigenvalue weighted by atomic mass is 127. The molecule has 2 nitrogen and oxygen atoms in total. The molecule has 1 aliphatic carbocycles. The van der Waals surface area contributed by atoms with Gasteiger partial charge in [-0.2, -0.15) is 0 Å². The van der Waals surface area contributed by atoms with E-state index in [4.69, 9.17) is 0 Å². The fourth-order valence-electron chi connectivity index (χ4n) is 3.00. The third kappa shape index (κ3) is 2.39. The van der Waals surface area contributed by atoms with Crippen LogP contribution in [0.3, 0.4) is 0 Å². The topological polar surface area (TPSA) is 15.3 Å². The number of hydrogen-bond donors (Lipinski definition) is 1. The molecule has 1 aromatic carbocycles. The van der Waals surface area contributed by atoms with Gasteiger partial charge in [0.25, 0.3) is 0 Å². The molecule has 3 heteroatoms. The van der Waals surface area contributed by atoms with Gasteiger partial charge in [0.05, 0.1) is 0 Å². The van der Waals surface area contributed by atoms with Crippen LogP contribution in [0, 0.1) is 16.4 Å². The second kappa shape index (κ2) is 4.67. The minimum absolute atomic E-state index is 0.328. The standard InChI is InChI=1S/C15H21IN2/c1-11-3-6-13(9-14(11)16)18-8-7-17-15(2,10-18)12-4-5-12/h3,6,9,12,17H,4-5,7-8,10H2,1-2H3. The second-order valence-electron chi connectivity index (χ2n) is 5.97. The minimum Gasteiger partial charge on any atom is -0.368 e. The van der Waals surface area contributed by atoms with Crippen LogP contribution in [0.5, 0.6) is 0 Å². The minimum atomic E-state index is 0.328. The van der Waals surface area contributed by atoms with Gasteiger partial charge in [-0.25, -0.2) is 0 Å². The number of benzene rings is 1. The van der Waals surface area contributed by atoms with E-state index in [0.717, 1.165) is 25.6 Å². The van der Waals surface area contributed by atoms with Crippen molar-refractivity contribution in [3.63, 3.8) is 0 Å². The Labute approximate surface area is 123 Å². The molecule has 1 atom stereocenters. The number of halogens is 1. The first-order valence-electron chi connectivity index (χ1n) is 6.85. The van der Waals surface area contributed by atoms with Crippen LogP contribution in [0.2, 0.25) is 0 Å². The summed E-state index contributed by atoms with van der Waals surface area (Å²) in [6.07, 6.45) is 2.81. The number of rotatable bonds is 2. The molecule has 1 saturated carbocycles. The Hall–Kier alpha value is -0.290. The fraction of sp³-hybridized carbons (Fsp3) is 0.600. The van der Waals surface area contributed by atoms with Crippen LogP contribution < -0.4 is 10.2 Å². The predicted octanol–water partition coefficient (Wildman–Crippen LogP) is 3.18. The monoisotopic (exact) mass is 356 g/mol. The quantitative estimate of drug-likeness (QED) is 0.819. The van der Waals surface area contributed by atoms with Crippen molar-refractivity contribution in [3.8, 4) is 0 Å². The largest absolute Gasteiger partial charge is 0.368 e. The van der Waals surface area contributed by atoms with Crippen LogP contribution in [0.15, 0.2) is 18.2 Å². The number of aryl methyl sites for hydroxylation is 1. The highest BCUT2D eigenvalue weighted by molar-refractivity contribution is 14.1. The number of piperazine rings is 1. The van der Waals surface area contributed by atoms with Gasteiger partial charge in [0, 0.05) is 34.4 Å². The molecule has 1 aliphatic heterocycles. The van der Waals surface area contributed by atoms with Gasteiger partial charge in [0.1, 0.15) is 0 Å². The maximum Gasteiger partial charge on any atom is 0.0378 e. The maximum absolute atomic E-state index is 3.74. The van der Waals surface area contributed by atoms with Crippen molar-refractivity contribution < 1.29 is 0 Å². The summed E-state index contributed by atoms with van der Waals surface area (Å²) in [6, 6.07) is 6.85. The highest BCUT2D eigenvalue weighted by Gasteiger charge is 2.43. The normalized spacial score (nSPS) is 28.5. The van der Waals surface area contributed by atoms with Crippen molar-refractivity contribution in [1.29, 1.82) is 0 Å². The molecule has 18 heavy (non-hydrogen) atoms. The van der Waals surface area contributed by atoms with E-state index in [1.54, 1.807) is 0 Å². The number of anilines is 1. The van der Waals surface area contributed by atoms with E-state index < -0.39 is 0 Å². The van der Waals surface area contributed by atoms with Gasteiger partial charge < -0.3 is 10.2 Å². The van der Waals surface area contributed by atoms with Crippen molar-refractivity contribution in [1.82, 2.24) is 5.32 Å². The molecule has 1 saturated heterocycles. The lowest BCUT2D eigenvalue weighted by atomic mass is 9.92. The molecule has 3 rings (SSSR count). The molecular formula is C15H21IN2. The van der Waals surface area contributed by atoms with E-state index in [0.29, 0.717) is 5.54 Å². The smallest absolute Gasteiger partial charge is 0.0378 e. The maximum atomic E-state index is 3.74. The third-order valence-electron chi connectivity index (χ3n) is 4.43. The summed E-state index contributed by atoms with van der Waals surface area (Å²) in [7, 11) is 0. The lowest BCUT2D eigenvalue weighted by Crippen LogP contribution is -2.60. The molecular weight excluding hydrogens is 335 g/mol. The molecule has 2 fully saturated rings. The Morgan fingerprint density at radius 3 is 2.83 bits per heavy atom. The Morgan fingerprint density at radius 2 is 2.17 bits per heavy atom. The first-order chi connectivity index (χ1) is 8.58. The van der Waals surface area contributed by atoms with Gasteiger partial charge in [-0.3, -0.25) is 0 Å². The van der Waals surface area contributed by atoms with Crippen LogP contribution in [-0.4, -0.2) is 25.2 Å². The molecule has 0 spiro atoms. The fourth-order valence-corrected chi connectivity index (χ4v) is 3.50. The van der Waals surface area contributed by atoms with Gasteiger partial charge in [0.15, 0.2) is 0 Å². The van der Waals surface area contributed by atoms with Gasteiger partial charge in [-0.1, -0.05) is 6.07 Å². The van der Waals surface area contributed by atoms with Crippen LogP contribution >= 0.6 is 22.6 Å². The third-order valence-corrected chi connectivity index (χ3v) is 5.59. The Morgan fingerprint density at radius 1 is 1.39 bits per heavy atom. The first kappa shape index (κ1) is 12.7. The average molecular weight is 356 g/mol. The summed E-state index contributed by atoms with van der Waals surface area (Å²) in [5.41, 5.74) is 3.09. The first-order valence-corrected chi connectivity index (χ1v) is 7.92. The molecule has 98 valence electrons. The predicted molar refractivity (Wildman–Crippen MR) is 85.2 cm³/mol. The summed E-state index contributed by atoms with van der Waals surface area (Å²) >= 11 is 2.44. The van der Waals surface area contributed by atoms with Crippen LogP contribution in [0.4, 0.5) is 5.69 Å². The molecule has 0 aromatic heterocycles. The molecule has 0 bridgehead atoms. The Kier molecular flexibility index (Phi) is 3.30. The summed E-state index contributed by atoms with van der Waals surface area (Å²) in [6.45, 7) is 7.96. The summed E-state index contributed by atoms with van der Waals surface area (Å²) < 4.78 is 1.37. The molecule has 1 N–H and O–H groups in total. The zero-order valence-electron chi connectivity index (χ0n) is 11.2. The van der Waals surface area contributed by atoms with E-state index in [9.17, 15) is 0 Å².